The third kappa shape index (κ3) is 4.85. The number of nitrogens with two attached hydrogens (primary N) is 1. The first-order chi connectivity index (χ1) is 10.4. The van der Waals surface area contributed by atoms with Crippen molar-refractivity contribution in [3.63, 3.8) is 0 Å². The molecule has 0 aromatic carbocycles. The molecule has 0 saturated heterocycles. The van der Waals surface area contributed by atoms with Gasteiger partial charge >= 0.3 is 10.2 Å². The summed E-state index contributed by atoms with van der Waals surface area (Å²) in [5, 5.41) is 24.1. The fourth-order valence-electron chi connectivity index (χ4n) is 1.40. The summed E-state index contributed by atoms with van der Waals surface area (Å²) < 4.78 is 28.2. The van der Waals surface area contributed by atoms with E-state index < -0.39 is 16.1 Å². The van der Waals surface area contributed by atoms with Crippen molar-refractivity contribution in [2.24, 2.45) is 14.5 Å². The number of aliphatic hydroxyl groups excluding tert-OH is 1. The minimum absolute atomic E-state index is 0.137. The number of anilines is 1. The zero-order valence-corrected chi connectivity index (χ0v) is 13.6. The Balaban J connectivity index is 1.69. The maximum atomic E-state index is 11.0. The molecule has 0 atom stereocenters. The van der Waals surface area contributed by atoms with Crippen molar-refractivity contribution in [2.75, 3.05) is 17.6 Å². The monoisotopic (exact) mass is 363 g/mol. The highest BCUT2D eigenvalue weighted by Crippen LogP contribution is 2.19. The lowest BCUT2D eigenvalue weighted by atomic mass is 10.5. The molecule has 0 aliphatic carbocycles. The molecule has 1 aromatic heterocycles. The number of hydrogen-bond donors (Lipinski definition) is 5. The van der Waals surface area contributed by atoms with Crippen LogP contribution in [0.3, 0.4) is 0 Å². The van der Waals surface area contributed by atoms with E-state index in [9.17, 15) is 13.5 Å². The molecular formula is C9H13N7O3S3. The maximum absolute atomic E-state index is 11.0. The van der Waals surface area contributed by atoms with Crippen LogP contribution in [0.25, 0.3) is 0 Å². The molecule has 1 aromatic rings. The molecule has 2 heterocycles. The normalized spacial score (nSPS) is 16.0. The lowest BCUT2D eigenvalue weighted by molar-refractivity contribution is 0.562. The first-order valence-electron chi connectivity index (χ1n) is 5.87. The van der Waals surface area contributed by atoms with Gasteiger partial charge in [0.05, 0.1) is 5.69 Å². The van der Waals surface area contributed by atoms with E-state index in [-0.39, 0.29) is 11.8 Å². The molecule has 13 heteroatoms. The Kier molecular flexibility index (Phi) is 5.20. The molecule has 1 aliphatic rings. The largest absolute Gasteiger partial charge is 0.490 e. The van der Waals surface area contributed by atoms with Gasteiger partial charge in [-0.2, -0.15) is 20.2 Å². The second-order valence-corrected chi connectivity index (χ2v) is 7.19. The van der Waals surface area contributed by atoms with Gasteiger partial charge in [-0.1, -0.05) is 0 Å². The summed E-state index contributed by atoms with van der Waals surface area (Å²) in [6, 6.07) is 0. The fraction of sp³-hybridized carbons (Fsp3) is 0.333. The van der Waals surface area contributed by atoms with Gasteiger partial charge in [-0.3, -0.25) is 5.41 Å². The lowest BCUT2D eigenvalue weighted by Crippen LogP contribution is -2.31. The fourth-order valence-corrected chi connectivity index (χ4v) is 3.70. The highest BCUT2D eigenvalue weighted by Gasteiger charge is 2.22. The van der Waals surface area contributed by atoms with Gasteiger partial charge in [-0.15, -0.1) is 20.1 Å². The second kappa shape index (κ2) is 6.93. The number of thioether (sulfide) groups is 1. The number of aliphatic hydroxyl groups is 1. The maximum Gasteiger partial charge on any atom is 0.368 e. The van der Waals surface area contributed by atoms with E-state index >= 15 is 0 Å². The van der Waals surface area contributed by atoms with E-state index in [4.69, 9.17) is 11.1 Å². The summed E-state index contributed by atoms with van der Waals surface area (Å²) in [5.41, 5.74) is 6.06. The van der Waals surface area contributed by atoms with Crippen molar-refractivity contribution in [2.45, 2.75) is 5.75 Å². The molecule has 120 valence electrons. The third-order valence-electron chi connectivity index (χ3n) is 2.20. The molecule has 0 saturated carbocycles. The van der Waals surface area contributed by atoms with E-state index in [1.165, 1.54) is 11.3 Å². The first kappa shape index (κ1) is 16.5. The number of guanidine groups is 1. The van der Waals surface area contributed by atoms with Crippen molar-refractivity contribution < 1.29 is 13.5 Å². The summed E-state index contributed by atoms with van der Waals surface area (Å²) >= 11 is 2.92. The van der Waals surface area contributed by atoms with Gasteiger partial charge in [0.1, 0.15) is 0 Å². The molecule has 22 heavy (non-hydrogen) atoms. The molecule has 0 spiro atoms. The van der Waals surface area contributed by atoms with Crippen LogP contribution in [0.4, 0.5) is 5.13 Å². The van der Waals surface area contributed by atoms with Crippen LogP contribution in [0.2, 0.25) is 0 Å². The Hall–Kier alpha value is -1.86. The van der Waals surface area contributed by atoms with Crippen molar-refractivity contribution in [3.05, 3.63) is 11.1 Å². The Morgan fingerprint density at radius 1 is 1.50 bits per heavy atom. The van der Waals surface area contributed by atoms with Crippen LogP contribution in [0.5, 0.6) is 0 Å². The van der Waals surface area contributed by atoms with E-state index in [0.29, 0.717) is 23.2 Å². The van der Waals surface area contributed by atoms with E-state index in [0.717, 1.165) is 5.69 Å². The molecule has 0 fully saturated rings. The minimum atomic E-state index is -3.92. The average Bonchev–Trinajstić information content (AvgIpc) is 2.92. The van der Waals surface area contributed by atoms with Gasteiger partial charge in [0.25, 0.3) is 5.90 Å². The van der Waals surface area contributed by atoms with Gasteiger partial charge in [-0.25, -0.2) is 4.98 Å². The molecule has 0 unspecified atom stereocenters. The highest BCUT2D eigenvalue weighted by atomic mass is 32.2. The Labute approximate surface area is 134 Å². The third-order valence-corrected chi connectivity index (χ3v) is 4.82. The van der Waals surface area contributed by atoms with Crippen LogP contribution in [0, 0.1) is 5.41 Å². The summed E-state index contributed by atoms with van der Waals surface area (Å²) in [4.78, 5) is 4.24. The number of amidine groups is 1. The van der Waals surface area contributed by atoms with E-state index in [1.54, 1.807) is 11.8 Å². The summed E-state index contributed by atoms with van der Waals surface area (Å²) in [6.45, 7) is 0.418. The molecule has 2 rings (SSSR count). The predicted molar refractivity (Wildman–Crippen MR) is 88.2 cm³/mol. The molecule has 6 N–H and O–H groups in total. The average molecular weight is 363 g/mol. The number of thiazole rings is 1. The molecule has 10 nitrogen and oxygen atoms in total. The highest BCUT2D eigenvalue weighted by molar-refractivity contribution is 7.98. The smallest absolute Gasteiger partial charge is 0.368 e. The van der Waals surface area contributed by atoms with E-state index in [2.05, 4.69) is 24.4 Å². The standard InChI is InChI=1S/C9H13N7O3S3/c10-8(11)14-9-13-5(4-21-9)3-20-2-1-12-6-7(17)16-22(18,19)15-6/h4H,1-3H2,(H,12,15)(H,16,17)(H4,10,11,13,14). The lowest BCUT2D eigenvalue weighted by Gasteiger charge is -2.03. The van der Waals surface area contributed by atoms with Crippen molar-refractivity contribution in [1.82, 2.24) is 10.3 Å². The molecule has 0 radical (unpaired) electrons. The van der Waals surface area contributed by atoms with Crippen molar-refractivity contribution >= 4 is 56.1 Å². The Morgan fingerprint density at radius 3 is 2.91 bits per heavy atom. The molecular weight excluding hydrogens is 350 g/mol. The molecule has 1 aliphatic heterocycles. The van der Waals surface area contributed by atoms with Crippen LogP contribution in [0.1, 0.15) is 5.69 Å². The number of nitrogens with zero attached hydrogens (tertiary/aromatic N) is 3. The second-order valence-electron chi connectivity index (χ2n) is 3.96. The van der Waals surface area contributed by atoms with Crippen LogP contribution >= 0.6 is 23.1 Å². The van der Waals surface area contributed by atoms with Gasteiger partial charge in [0.15, 0.2) is 11.1 Å². The Bertz CT molecular complexity index is 725. The van der Waals surface area contributed by atoms with Gasteiger partial charge in [0, 0.05) is 23.4 Å². The minimum Gasteiger partial charge on any atom is -0.490 e. The SMILES string of the molecule is N=C(N)Nc1nc(CSCCNC2=NS(=O)(=O)N=C2O)cs1. The van der Waals surface area contributed by atoms with Crippen LogP contribution in [-0.2, 0) is 16.0 Å². The zero-order chi connectivity index (χ0) is 16.2. The van der Waals surface area contributed by atoms with E-state index in [1.807, 2.05) is 5.38 Å². The number of hydrogen-bond acceptors (Lipinski definition) is 7. The molecule has 0 bridgehead atoms. The number of nitrogens with one attached hydrogen (secondary N) is 3. The summed E-state index contributed by atoms with van der Waals surface area (Å²) in [7, 11) is -3.92. The number of aromatic nitrogens is 1. The first-order valence-corrected chi connectivity index (χ1v) is 9.30. The van der Waals surface area contributed by atoms with Crippen molar-refractivity contribution in [3.8, 4) is 0 Å². The van der Waals surface area contributed by atoms with Crippen LogP contribution < -0.4 is 16.4 Å². The van der Waals surface area contributed by atoms with Crippen molar-refractivity contribution in [1.29, 1.82) is 5.41 Å². The Morgan fingerprint density at radius 2 is 2.27 bits per heavy atom. The van der Waals surface area contributed by atoms with Crippen LogP contribution in [0.15, 0.2) is 14.2 Å². The quantitative estimate of drug-likeness (QED) is 0.265. The van der Waals surface area contributed by atoms with Gasteiger partial charge < -0.3 is 21.5 Å². The zero-order valence-electron chi connectivity index (χ0n) is 11.1. The molecule has 0 amide bonds. The van der Waals surface area contributed by atoms with Gasteiger partial charge in [0.2, 0.25) is 5.84 Å². The summed E-state index contributed by atoms with van der Waals surface area (Å²) in [5.74, 6) is 0.389. The van der Waals surface area contributed by atoms with Crippen LogP contribution in [-0.4, -0.2) is 48.5 Å². The predicted octanol–water partition coefficient (Wildman–Crippen LogP) is -0.115. The summed E-state index contributed by atoms with van der Waals surface area (Å²) in [6.07, 6.45) is 0. The van der Waals surface area contributed by atoms with Gasteiger partial charge in [-0.05, 0) is 0 Å². The topological polar surface area (TPSA) is 166 Å². The number of rotatable bonds is 6.